The third kappa shape index (κ3) is 3.81. The summed E-state index contributed by atoms with van der Waals surface area (Å²) in [5.74, 6) is 0.0757. The lowest BCUT2D eigenvalue weighted by molar-refractivity contribution is 0.0940. The third-order valence-electron chi connectivity index (χ3n) is 3.62. The molecule has 0 aliphatic carbocycles. The number of nitrogens with two attached hydrogens (primary N) is 1. The van der Waals surface area contributed by atoms with Crippen molar-refractivity contribution >= 4 is 40.0 Å². The first kappa shape index (κ1) is 16.4. The van der Waals surface area contributed by atoms with Crippen molar-refractivity contribution in [1.82, 2.24) is 10.3 Å². The third-order valence-corrected chi connectivity index (χ3v) is 5.92. The molecule has 2 rings (SSSR count). The van der Waals surface area contributed by atoms with Gasteiger partial charge in [0, 0.05) is 24.4 Å². The van der Waals surface area contributed by atoms with Gasteiger partial charge in [-0.15, -0.1) is 0 Å². The van der Waals surface area contributed by atoms with E-state index >= 15 is 0 Å². The number of carbonyl (C=O) groups is 1. The fourth-order valence-electron chi connectivity index (χ4n) is 2.33. The second-order valence-electron chi connectivity index (χ2n) is 5.12. The van der Waals surface area contributed by atoms with Crippen LogP contribution in [0.25, 0.3) is 0 Å². The molecule has 4 N–H and O–H groups in total. The second-order valence-corrected chi connectivity index (χ2v) is 7.18. The minimum atomic E-state index is -0.213. The maximum atomic E-state index is 12.3. The fraction of sp³-hybridized carbons (Fsp3) is 0.692. The van der Waals surface area contributed by atoms with Crippen LogP contribution in [0.15, 0.2) is 0 Å². The van der Waals surface area contributed by atoms with Crippen molar-refractivity contribution in [3.63, 3.8) is 0 Å². The molecule has 1 saturated heterocycles. The molecule has 2 atom stereocenters. The molecular weight excluding hydrogens is 308 g/mol. The molecule has 1 amide bonds. The average molecular weight is 330 g/mol. The number of hydrogen-bond acceptors (Lipinski definition) is 7. The van der Waals surface area contributed by atoms with Crippen molar-refractivity contribution in [1.29, 1.82) is 0 Å². The SMILES string of the molecule is CSC(CO)C(C)NC(=O)c1sc(N2CCCC2)nc1N. The number of thioether (sulfide) groups is 1. The van der Waals surface area contributed by atoms with Crippen LogP contribution in [0.2, 0.25) is 0 Å². The number of carbonyl (C=O) groups excluding carboxylic acids is 1. The lowest BCUT2D eigenvalue weighted by Crippen LogP contribution is -2.41. The lowest BCUT2D eigenvalue weighted by Gasteiger charge is -2.20. The normalized spacial score (nSPS) is 17.8. The van der Waals surface area contributed by atoms with Crippen molar-refractivity contribution in [2.75, 3.05) is 36.6 Å². The van der Waals surface area contributed by atoms with Crippen LogP contribution in [-0.2, 0) is 0 Å². The van der Waals surface area contributed by atoms with Crippen LogP contribution in [0.4, 0.5) is 10.9 Å². The van der Waals surface area contributed by atoms with Crippen LogP contribution in [0.1, 0.15) is 29.4 Å². The van der Waals surface area contributed by atoms with Crippen LogP contribution in [0, 0.1) is 0 Å². The van der Waals surface area contributed by atoms with Gasteiger partial charge in [0.05, 0.1) is 6.61 Å². The van der Waals surface area contributed by atoms with Gasteiger partial charge in [0.15, 0.2) is 5.13 Å². The molecule has 118 valence electrons. The fourth-order valence-corrected chi connectivity index (χ4v) is 3.89. The number of hydrogen-bond donors (Lipinski definition) is 3. The summed E-state index contributed by atoms with van der Waals surface area (Å²) in [4.78, 5) is 19.2. The Balaban J connectivity index is 2.05. The van der Waals surface area contributed by atoms with Crippen molar-refractivity contribution in [2.45, 2.75) is 31.1 Å². The Labute approximate surface area is 133 Å². The standard InChI is InChI=1S/C13H22N4O2S2/c1-8(9(7-18)20-2)15-12(19)10-11(14)16-13(21-10)17-5-3-4-6-17/h8-9,18H,3-7,14H2,1-2H3,(H,15,19). The highest BCUT2D eigenvalue weighted by Crippen LogP contribution is 2.30. The number of aliphatic hydroxyl groups excluding tert-OH is 1. The van der Waals surface area contributed by atoms with Crippen molar-refractivity contribution in [3.05, 3.63) is 4.88 Å². The van der Waals surface area contributed by atoms with Gasteiger partial charge >= 0.3 is 0 Å². The minimum Gasteiger partial charge on any atom is -0.395 e. The topological polar surface area (TPSA) is 91.5 Å². The smallest absolute Gasteiger partial charge is 0.265 e. The van der Waals surface area contributed by atoms with Gasteiger partial charge < -0.3 is 21.1 Å². The summed E-state index contributed by atoms with van der Waals surface area (Å²) in [5, 5.41) is 13.0. The Hall–Kier alpha value is -0.990. The zero-order valence-electron chi connectivity index (χ0n) is 12.3. The van der Waals surface area contributed by atoms with E-state index in [4.69, 9.17) is 5.73 Å². The molecule has 6 nitrogen and oxygen atoms in total. The molecule has 2 heterocycles. The van der Waals surface area contributed by atoms with Gasteiger partial charge in [0.2, 0.25) is 0 Å². The van der Waals surface area contributed by atoms with E-state index in [-0.39, 0.29) is 29.6 Å². The maximum absolute atomic E-state index is 12.3. The van der Waals surface area contributed by atoms with Crippen LogP contribution >= 0.6 is 23.1 Å². The molecule has 21 heavy (non-hydrogen) atoms. The summed E-state index contributed by atoms with van der Waals surface area (Å²) in [6, 6.07) is -0.130. The second kappa shape index (κ2) is 7.33. The summed E-state index contributed by atoms with van der Waals surface area (Å²) >= 11 is 2.87. The molecule has 0 spiro atoms. The Morgan fingerprint density at radius 2 is 2.24 bits per heavy atom. The van der Waals surface area contributed by atoms with Crippen molar-refractivity contribution in [3.8, 4) is 0 Å². The molecule has 8 heteroatoms. The molecule has 1 aromatic rings. The minimum absolute atomic E-state index is 0.0267. The molecule has 1 fully saturated rings. The number of aliphatic hydroxyl groups is 1. The molecule has 1 aromatic heterocycles. The monoisotopic (exact) mass is 330 g/mol. The highest BCUT2D eigenvalue weighted by Gasteiger charge is 2.24. The zero-order valence-corrected chi connectivity index (χ0v) is 14.0. The van der Waals surface area contributed by atoms with E-state index in [0.29, 0.717) is 4.88 Å². The van der Waals surface area contributed by atoms with Gasteiger partial charge in [-0.2, -0.15) is 11.8 Å². The average Bonchev–Trinajstić information content (AvgIpc) is 3.08. The number of rotatable bonds is 6. The number of nitrogen functional groups attached to an aromatic ring is 1. The molecule has 0 radical (unpaired) electrons. The number of nitrogens with one attached hydrogen (secondary N) is 1. The van der Waals surface area contributed by atoms with E-state index in [0.717, 1.165) is 31.1 Å². The quantitative estimate of drug-likeness (QED) is 0.725. The molecule has 0 aromatic carbocycles. The van der Waals surface area contributed by atoms with E-state index < -0.39 is 0 Å². The number of anilines is 2. The Morgan fingerprint density at radius 1 is 1.57 bits per heavy atom. The largest absolute Gasteiger partial charge is 0.395 e. The predicted molar refractivity (Wildman–Crippen MR) is 89.3 cm³/mol. The Morgan fingerprint density at radius 3 is 2.81 bits per heavy atom. The van der Waals surface area contributed by atoms with Gasteiger partial charge in [0.25, 0.3) is 5.91 Å². The van der Waals surface area contributed by atoms with E-state index in [1.807, 2.05) is 13.2 Å². The van der Waals surface area contributed by atoms with Gasteiger partial charge in [-0.25, -0.2) is 4.98 Å². The van der Waals surface area contributed by atoms with Crippen LogP contribution in [0.3, 0.4) is 0 Å². The van der Waals surface area contributed by atoms with E-state index in [1.165, 1.54) is 23.1 Å². The summed E-state index contributed by atoms with van der Waals surface area (Å²) in [5.41, 5.74) is 5.88. The number of nitrogens with zero attached hydrogens (tertiary/aromatic N) is 2. The summed E-state index contributed by atoms with van der Waals surface area (Å²) in [7, 11) is 0. The van der Waals surface area contributed by atoms with E-state index in [1.54, 1.807) is 0 Å². The number of thiazole rings is 1. The summed E-state index contributed by atoms with van der Waals surface area (Å²) in [6.07, 6.45) is 4.23. The first-order chi connectivity index (χ1) is 10.1. The molecule has 0 bridgehead atoms. The molecule has 2 unspecified atom stereocenters. The van der Waals surface area contributed by atoms with Crippen LogP contribution in [0.5, 0.6) is 0 Å². The lowest BCUT2D eigenvalue weighted by atomic mass is 10.2. The maximum Gasteiger partial charge on any atom is 0.265 e. The molecular formula is C13H22N4O2S2. The predicted octanol–water partition coefficient (Wildman–Crippen LogP) is 1.17. The first-order valence-electron chi connectivity index (χ1n) is 7.02. The number of amides is 1. The van der Waals surface area contributed by atoms with Gasteiger partial charge in [-0.05, 0) is 26.0 Å². The van der Waals surface area contributed by atoms with E-state index in [2.05, 4.69) is 15.2 Å². The highest BCUT2D eigenvalue weighted by atomic mass is 32.2. The van der Waals surface area contributed by atoms with Crippen LogP contribution in [-0.4, -0.2) is 53.2 Å². The first-order valence-corrected chi connectivity index (χ1v) is 9.13. The van der Waals surface area contributed by atoms with Crippen molar-refractivity contribution in [2.24, 2.45) is 0 Å². The van der Waals surface area contributed by atoms with Crippen LogP contribution < -0.4 is 16.0 Å². The van der Waals surface area contributed by atoms with Crippen molar-refractivity contribution < 1.29 is 9.90 Å². The Kier molecular flexibility index (Phi) is 5.72. The van der Waals surface area contributed by atoms with Gasteiger partial charge in [0.1, 0.15) is 10.7 Å². The molecule has 1 aliphatic rings. The van der Waals surface area contributed by atoms with Gasteiger partial charge in [-0.3, -0.25) is 4.79 Å². The number of aromatic nitrogens is 1. The summed E-state index contributed by atoms with van der Waals surface area (Å²) < 4.78 is 0. The molecule has 0 saturated carbocycles. The van der Waals surface area contributed by atoms with Gasteiger partial charge in [-0.1, -0.05) is 11.3 Å². The van der Waals surface area contributed by atoms with E-state index in [9.17, 15) is 9.90 Å². The Bertz CT molecular complexity index is 485. The highest BCUT2D eigenvalue weighted by molar-refractivity contribution is 7.99. The zero-order chi connectivity index (χ0) is 15.4. The summed E-state index contributed by atoms with van der Waals surface area (Å²) in [6.45, 7) is 3.86. The molecule has 1 aliphatic heterocycles.